The Morgan fingerprint density at radius 3 is 2.31 bits per heavy atom. The van der Waals surface area contributed by atoms with Crippen LogP contribution in [0.15, 0.2) is 0 Å². The van der Waals surface area contributed by atoms with Crippen molar-refractivity contribution in [1.29, 1.82) is 0 Å². The third-order valence-corrected chi connectivity index (χ3v) is 3.72. The van der Waals surface area contributed by atoms with E-state index in [1.54, 1.807) is 6.92 Å². The molecule has 1 aliphatic rings. The fraction of sp³-hybridized carbons (Fsp3) is 0.917. The van der Waals surface area contributed by atoms with Gasteiger partial charge in [0.15, 0.2) is 0 Å². The van der Waals surface area contributed by atoms with Crippen LogP contribution in [0, 0.1) is 5.41 Å². The fourth-order valence-corrected chi connectivity index (χ4v) is 1.90. The van der Waals surface area contributed by atoms with Gasteiger partial charge in [-0.3, -0.25) is 4.79 Å². The second-order valence-electron chi connectivity index (χ2n) is 6.04. The van der Waals surface area contributed by atoms with Crippen LogP contribution < -0.4 is 11.5 Å². The minimum atomic E-state index is -0.868. The predicted molar refractivity (Wildman–Crippen MR) is 65.9 cm³/mol. The number of likely N-dealkylation sites (tertiary alicyclic amines) is 1. The van der Waals surface area contributed by atoms with E-state index in [0.29, 0.717) is 11.8 Å². The molecule has 94 valence electrons. The maximum Gasteiger partial charge on any atom is 0.237 e. The molecule has 1 atom stereocenters. The number of primary amides is 1. The lowest BCUT2D eigenvalue weighted by Gasteiger charge is -2.37. The summed E-state index contributed by atoms with van der Waals surface area (Å²) in [6.07, 6.45) is 3.07. The van der Waals surface area contributed by atoms with Crippen molar-refractivity contribution in [3.05, 3.63) is 0 Å². The van der Waals surface area contributed by atoms with Gasteiger partial charge in [-0.1, -0.05) is 13.8 Å². The molecule has 1 unspecified atom stereocenters. The van der Waals surface area contributed by atoms with Gasteiger partial charge >= 0.3 is 0 Å². The summed E-state index contributed by atoms with van der Waals surface area (Å²) in [5.74, 6) is -0.412. The lowest BCUT2D eigenvalue weighted by atomic mass is 9.82. The van der Waals surface area contributed by atoms with Crippen LogP contribution >= 0.6 is 0 Å². The van der Waals surface area contributed by atoms with E-state index >= 15 is 0 Å². The van der Waals surface area contributed by atoms with Crippen molar-refractivity contribution < 1.29 is 4.79 Å². The quantitative estimate of drug-likeness (QED) is 0.742. The average molecular weight is 227 g/mol. The molecule has 4 nitrogen and oxygen atoms in total. The molecule has 1 aliphatic heterocycles. The van der Waals surface area contributed by atoms with Crippen LogP contribution in [0.1, 0.15) is 40.0 Å². The van der Waals surface area contributed by atoms with Crippen LogP contribution in [0.25, 0.3) is 0 Å². The molecule has 1 heterocycles. The maximum atomic E-state index is 11.1. The van der Waals surface area contributed by atoms with Crippen molar-refractivity contribution in [2.45, 2.75) is 45.6 Å². The van der Waals surface area contributed by atoms with Crippen molar-refractivity contribution in [1.82, 2.24) is 4.90 Å². The highest BCUT2D eigenvalue weighted by Crippen LogP contribution is 2.29. The van der Waals surface area contributed by atoms with Crippen LogP contribution in [0.2, 0.25) is 0 Å². The Balaban J connectivity index is 2.33. The summed E-state index contributed by atoms with van der Waals surface area (Å²) in [5, 5.41) is 0. The Kier molecular flexibility index (Phi) is 3.97. The van der Waals surface area contributed by atoms with Crippen LogP contribution in [-0.2, 0) is 4.79 Å². The van der Waals surface area contributed by atoms with Crippen LogP contribution in [0.3, 0.4) is 0 Å². The van der Waals surface area contributed by atoms with Gasteiger partial charge in [0.1, 0.15) is 0 Å². The Morgan fingerprint density at radius 1 is 1.38 bits per heavy atom. The standard InChI is InChI=1S/C12H25N3O/c1-11(2)4-7-15(8-5-11)9-6-12(3,14)10(13)16/h4-9,14H2,1-3H3,(H2,13,16). The van der Waals surface area contributed by atoms with Crippen LogP contribution in [-0.4, -0.2) is 36.0 Å². The van der Waals surface area contributed by atoms with E-state index in [2.05, 4.69) is 18.7 Å². The molecular weight excluding hydrogens is 202 g/mol. The molecule has 1 amide bonds. The second-order valence-corrected chi connectivity index (χ2v) is 6.04. The largest absolute Gasteiger partial charge is 0.368 e. The van der Waals surface area contributed by atoms with E-state index in [9.17, 15) is 4.79 Å². The molecule has 0 aliphatic carbocycles. The molecule has 4 N–H and O–H groups in total. The molecule has 4 heteroatoms. The molecule has 0 aromatic rings. The maximum absolute atomic E-state index is 11.1. The molecule has 0 aromatic carbocycles. The molecule has 1 rings (SSSR count). The average Bonchev–Trinajstić information content (AvgIpc) is 2.16. The monoisotopic (exact) mass is 227 g/mol. The predicted octanol–water partition coefficient (Wildman–Crippen LogP) is 0.701. The molecular formula is C12H25N3O. The van der Waals surface area contributed by atoms with Crippen molar-refractivity contribution in [3.63, 3.8) is 0 Å². The topological polar surface area (TPSA) is 72.3 Å². The van der Waals surface area contributed by atoms with Crippen molar-refractivity contribution in [2.24, 2.45) is 16.9 Å². The highest BCUT2D eigenvalue weighted by Gasteiger charge is 2.29. The Bertz CT molecular complexity index is 251. The summed E-state index contributed by atoms with van der Waals surface area (Å²) in [6, 6.07) is 0. The highest BCUT2D eigenvalue weighted by molar-refractivity contribution is 5.83. The molecule has 0 spiro atoms. The van der Waals surface area contributed by atoms with E-state index in [-0.39, 0.29) is 0 Å². The zero-order valence-electron chi connectivity index (χ0n) is 10.8. The summed E-state index contributed by atoms with van der Waals surface area (Å²) in [6.45, 7) is 9.39. The van der Waals surface area contributed by atoms with Gasteiger partial charge in [-0.2, -0.15) is 0 Å². The zero-order valence-corrected chi connectivity index (χ0v) is 10.8. The van der Waals surface area contributed by atoms with Gasteiger partial charge in [0.2, 0.25) is 5.91 Å². The molecule has 0 radical (unpaired) electrons. The Morgan fingerprint density at radius 2 is 1.88 bits per heavy atom. The zero-order chi connectivity index (χ0) is 12.4. The number of carbonyl (C=O) groups is 1. The summed E-state index contributed by atoms with van der Waals surface area (Å²) in [7, 11) is 0. The molecule has 0 bridgehead atoms. The van der Waals surface area contributed by atoms with E-state index in [1.807, 2.05) is 0 Å². The Hall–Kier alpha value is -0.610. The smallest absolute Gasteiger partial charge is 0.237 e. The SMILES string of the molecule is CC1(C)CCN(CCC(C)(N)C(N)=O)CC1. The van der Waals surface area contributed by atoms with E-state index in [4.69, 9.17) is 11.5 Å². The molecule has 1 saturated heterocycles. The molecule has 1 fully saturated rings. The number of nitrogens with two attached hydrogens (primary N) is 2. The van der Waals surface area contributed by atoms with Gasteiger partial charge in [0.25, 0.3) is 0 Å². The summed E-state index contributed by atoms with van der Waals surface area (Å²) in [5.41, 5.74) is 10.7. The lowest BCUT2D eigenvalue weighted by Crippen LogP contribution is -2.51. The van der Waals surface area contributed by atoms with Gasteiger partial charge in [-0.25, -0.2) is 0 Å². The number of nitrogens with zero attached hydrogens (tertiary/aromatic N) is 1. The van der Waals surface area contributed by atoms with E-state index in [0.717, 1.165) is 19.6 Å². The van der Waals surface area contributed by atoms with E-state index in [1.165, 1.54) is 12.8 Å². The van der Waals surface area contributed by atoms with Crippen LogP contribution in [0.4, 0.5) is 0 Å². The normalized spacial score (nSPS) is 25.0. The van der Waals surface area contributed by atoms with Crippen molar-refractivity contribution in [3.8, 4) is 0 Å². The molecule has 0 aromatic heterocycles. The van der Waals surface area contributed by atoms with Gasteiger partial charge in [0, 0.05) is 6.54 Å². The van der Waals surface area contributed by atoms with Gasteiger partial charge in [-0.15, -0.1) is 0 Å². The minimum Gasteiger partial charge on any atom is -0.368 e. The van der Waals surface area contributed by atoms with E-state index < -0.39 is 11.4 Å². The Labute approximate surface area is 98.3 Å². The summed E-state index contributed by atoms with van der Waals surface area (Å²) < 4.78 is 0. The van der Waals surface area contributed by atoms with Crippen molar-refractivity contribution >= 4 is 5.91 Å². The van der Waals surface area contributed by atoms with Crippen LogP contribution in [0.5, 0.6) is 0 Å². The first-order valence-electron chi connectivity index (χ1n) is 6.04. The lowest BCUT2D eigenvalue weighted by molar-refractivity contribution is -0.122. The van der Waals surface area contributed by atoms with Crippen molar-refractivity contribution in [2.75, 3.05) is 19.6 Å². The van der Waals surface area contributed by atoms with Gasteiger partial charge < -0.3 is 16.4 Å². The first-order chi connectivity index (χ1) is 7.23. The number of hydrogen-bond acceptors (Lipinski definition) is 3. The number of hydrogen-bond donors (Lipinski definition) is 2. The minimum absolute atomic E-state index is 0.412. The third kappa shape index (κ3) is 3.76. The number of piperidine rings is 1. The fourth-order valence-electron chi connectivity index (χ4n) is 1.90. The van der Waals surface area contributed by atoms with Gasteiger partial charge in [0.05, 0.1) is 5.54 Å². The first kappa shape index (κ1) is 13.5. The second kappa shape index (κ2) is 4.72. The number of carbonyl (C=O) groups excluding carboxylic acids is 1. The number of rotatable bonds is 4. The molecule has 0 saturated carbocycles. The first-order valence-corrected chi connectivity index (χ1v) is 6.04. The highest BCUT2D eigenvalue weighted by atomic mass is 16.1. The summed E-state index contributed by atoms with van der Waals surface area (Å²) in [4.78, 5) is 13.4. The van der Waals surface area contributed by atoms with Gasteiger partial charge in [-0.05, 0) is 44.7 Å². The number of amides is 1. The third-order valence-electron chi connectivity index (χ3n) is 3.72. The molecule has 16 heavy (non-hydrogen) atoms. The summed E-state index contributed by atoms with van der Waals surface area (Å²) >= 11 is 0.